The predicted molar refractivity (Wildman–Crippen MR) is 112 cm³/mol. The number of carbonyl (C=O) groups excluding carboxylic acids is 1. The molecule has 0 amide bonds. The highest BCUT2D eigenvalue weighted by Crippen LogP contribution is 2.36. The Bertz CT molecular complexity index is 1030. The van der Waals surface area contributed by atoms with Gasteiger partial charge in [0.25, 0.3) is 0 Å². The summed E-state index contributed by atoms with van der Waals surface area (Å²) in [5.74, 6) is 0.636. The van der Waals surface area contributed by atoms with Crippen LogP contribution in [-0.4, -0.2) is 45.8 Å². The van der Waals surface area contributed by atoms with Gasteiger partial charge in [0.1, 0.15) is 0 Å². The molecule has 3 rings (SSSR count). The zero-order valence-corrected chi connectivity index (χ0v) is 17.8. The second-order valence-corrected chi connectivity index (χ2v) is 8.92. The Labute approximate surface area is 175 Å². The van der Waals surface area contributed by atoms with Gasteiger partial charge in [-0.3, -0.25) is 4.79 Å². The van der Waals surface area contributed by atoms with E-state index < -0.39 is 10.0 Å². The van der Waals surface area contributed by atoms with Gasteiger partial charge in [-0.15, -0.1) is 0 Å². The fourth-order valence-corrected chi connectivity index (χ4v) is 4.98. The molecule has 1 saturated heterocycles. The minimum atomic E-state index is -3.49. The van der Waals surface area contributed by atoms with Crippen LogP contribution in [0, 0.1) is 0 Å². The topological polar surface area (TPSA) is 72.9 Å². The number of methoxy groups -OCH3 is 2. The van der Waals surface area contributed by atoms with Gasteiger partial charge in [0.15, 0.2) is 17.3 Å². The molecule has 0 radical (unpaired) electrons. The second kappa shape index (κ2) is 8.98. The van der Waals surface area contributed by atoms with Gasteiger partial charge in [-0.05, 0) is 60.9 Å². The first-order valence-corrected chi connectivity index (χ1v) is 10.9. The number of halogens is 1. The van der Waals surface area contributed by atoms with Crippen LogP contribution in [0.1, 0.15) is 28.8 Å². The Morgan fingerprint density at radius 2 is 1.72 bits per heavy atom. The van der Waals surface area contributed by atoms with Crippen molar-refractivity contribution < 1.29 is 22.7 Å². The quantitative estimate of drug-likeness (QED) is 0.484. The van der Waals surface area contributed by atoms with Crippen LogP contribution in [0.25, 0.3) is 6.08 Å². The summed E-state index contributed by atoms with van der Waals surface area (Å²) in [6.45, 7) is 1.08. The summed E-state index contributed by atoms with van der Waals surface area (Å²) in [4.78, 5) is 12.7. The van der Waals surface area contributed by atoms with Crippen LogP contribution in [0.3, 0.4) is 0 Å². The molecule has 154 valence electrons. The van der Waals surface area contributed by atoms with Crippen molar-refractivity contribution in [1.82, 2.24) is 4.31 Å². The van der Waals surface area contributed by atoms with Crippen LogP contribution in [-0.2, 0) is 10.0 Å². The summed E-state index contributed by atoms with van der Waals surface area (Å²) in [5, 5.41) is 0.371. The molecule has 0 bridgehead atoms. The van der Waals surface area contributed by atoms with Crippen molar-refractivity contribution in [2.75, 3.05) is 27.3 Å². The second-order valence-electron chi connectivity index (χ2n) is 6.57. The highest BCUT2D eigenvalue weighted by atomic mass is 35.5. The van der Waals surface area contributed by atoms with E-state index in [1.807, 2.05) is 0 Å². The standard InChI is InChI=1S/C21H22ClNO5S/c1-27-20-14-15(13-18(22)21(20)28-2)5-10-19(24)16-6-8-17(9-7-16)29(25,26)23-11-3-4-12-23/h5-10,13-14H,3-4,11-12H2,1-2H3/b10-5+. The number of hydrogen-bond acceptors (Lipinski definition) is 5. The number of nitrogens with zero attached hydrogens (tertiary/aromatic N) is 1. The zero-order chi connectivity index (χ0) is 21.0. The molecule has 0 saturated carbocycles. The van der Waals surface area contributed by atoms with Gasteiger partial charge < -0.3 is 9.47 Å². The van der Waals surface area contributed by atoms with Crippen molar-refractivity contribution >= 4 is 33.5 Å². The molecule has 29 heavy (non-hydrogen) atoms. The number of rotatable bonds is 7. The zero-order valence-electron chi connectivity index (χ0n) is 16.2. The van der Waals surface area contributed by atoms with E-state index in [9.17, 15) is 13.2 Å². The molecule has 1 aliphatic heterocycles. The Hall–Kier alpha value is -2.35. The summed E-state index contributed by atoms with van der Waals surface area (Å²) >= 11 is 6.18. The van der Waals surface area contributed by atoms with E-state index in [1.54, 1.807) is 18.2 Å². The van der Waals surface area contributed by atoms with E-state index in [2.05, 4.69) is 0 Å². The summed E-state index contributed by atoms with van der Waals surface area (Å²) < 4.78 is 37.0. The van der Waals surface area contributed by atoms with Gasteiger partial charge in [0, 0.05) is 18.7 Å². The maximum Gasteiger partial charge on any atom is 0.243 e. The van der Waals surface area contributed by atoms with E-state index in [0.717, 1.165) is 12.8 Å². The summed E-state index contributed by atoms with van der Waals surface area (Å²) in [6, 6.07) is 9.37. The van der Waals surface area contributed by atoms with Crippen LogP contribution in [0.2, 0.25) is 5.02 Å². The Morgan fingerprint density at radius 1 is 1.07 bits per heavy atom. The van der Waals surface area contributed by atoms with E-state index in [4.69, 9.17) is 21.1 Å². The molecule has 2 aromatic carbocycles. The lowest BCUT2D eigenvalue weighted by Crippen LogP contribution is -2.27. The minimum absolute atomic E-state index is 0.201. The molecule has 0 N–H and O–H groups in total. The third-order valence-corrected chi connectivity index (χ3v) is 6.92. The fourth-order valence-electron chi connectivity index (χ4n) is 3.17. The van der Waals surface area contributed by atoms with Crippen LogP contribution >= 0.6 is 11.6 Å². The van der Waals surface area contributed by atoms with E-state index in [0.29, 0.717) is 40.7 Å². The lowest BCUT2D eigenvalue weighted by molar-refractivity contribution is 0.104. The van der Waals surface area contributed by atoms with E-state index >= 15 is 0 Å². The number of sulfonamides is 1. The van der Waals surface area contributed by atoms with Crippen molar-refractivity contribution in [1.29, 1.82) is 0 Å². The average Bonchev–Trinajstić information content (AvgIpc) is 3.27. The molecule has 0 aliphatic carbocycles. The summed E-state index contributed by atoms with van der Waals surface area (Å²) in [5.41, 5.74) is 1.07. The minimum Gasteiger partial charge on any atom is -0.493 e. The number of allylic oxidation sites excluding steroid dienone is 1. The van der Waals surface area contributed by atoms with E-state index in [1.165, 1.54) is 48.9 Å². The molecule has 8 heteroatoms. The van der Waals surface area contributed by atoms with Crippen LogP contribution < -0.4 is 9.47 Å². The molecule has 0 atom stereocenters. The molecule has 1 fully saturated rings. The molecule has 0 spiro atoms. The number of benzene rings is 2. The predicted octanol–water partition coefficient (Wildman–Crippen LogP) is 4.04. The average molecular weight is 436 g/mol. The molecular weight excluding hydrogens is 414 g/mol. The van der Waals surface area contributed by atoms with Gasteiger partial charge in [0.05, 0.1) is 24.1 Å². The molecular formula is C21H22ClNO5S. The third kappa shape index (κ3) is 4.63. The van der Waals surface area contributed by atoms with Crippen molar-refractivity contribution in [2.45, 2.75) is 17.7 Å². The van der Waals surface area contributed by atoms with Crippen molar-refractivity contribution in [3.05, 3.63) is 58.6 Å². The van der Waals surface area contributed by atoms with Crippen molar-refractivity contribution in [2.24, 2.45) is 0 Å². The van der Waals surface area contributed by atoms with Crippen molar-refractivity contribution in [3.63, 3.8) is 0 Å². The maximum atomic E-state index is 12.6. The third-order valence-electron chi connectivity index (χ3n) is 4.72. The normalized spacial score (nSPS) is 15.0. The van der Waals surface area contributed by atoms with Gasteiger partial charge in [-0.2, -0.15) is 4.31 Å². The smallest absolute Gasteiger partial charge is 0.243 e. The summed E-state index contributed by atoms with van der Waals surface area (Å²) in [6.07, 6.45) is 4.77. The van der Waals surface area contributed by atoms with Gasteiger partial charge >= 0.3 is 0 Å². The highest BCUT2D eigenvalue weighted by molar-refractivity contribution is 7.89. The molecule has 0 aromatic heterocycles. The van der Waals surface area contributed by atoms with E-state index in [-0.39, 0.29) is 10.7 Å². The molecule has 1 aliphatic rings. The Morgan fingerprint density at radius 3 is 2.31 bits per heavy atom. The van der Waals surface area contributed by atoms with Crippen molar-refractivity contribution in [3.8, 4) is 11.5 Å². The lowest BCUT2D eigenvalue weighted by Gasteiger charge is -2.15. The van der Waals surface area contributed by atoms with Gasteiger partial charge in [0.2, 0.25) is 10.0 Å². The molecule has 1 heterocycles. The monoisotopic (exact) mass is 435 g/mol. The SMILES string of the molecule is COc1cc(/C=C/C(=O)c2ccc(S(=O)(=O)N3CCCC3)cc2)cc(Cl)c1OC. The van der Waals surface area contributed by atoms with Crippen LogP contribution in [0.4, 0.5) is 0 Å². The van der Waals surface area contributed by atoms with Gasteiger partial charge in [-0.25, -0.2) is 8.42 Å². The van der Waals surface area contributed by atoms with Crippen LogP contribution in [0.15, 0.2) is 47.4 Å². The number of ether oxygens (including phenoxy) is 2. The largest absolute Gasteiger partial charge is 0.493 e. The number of hydrogen-bond donors (Lipinski definition) is 0. The first-order valence-electron chi connectivity index (χ1n) is 9.11. The molecule has 6 nitrogen and oxygen atoms in total. The first-order chi connectivity index (χ1) is 13.9. The molecule has 2 aromatic rings. The number of ketones is 1. The highest BCUT2D eigenvalue weighted by Gasteiger charge is 2.27. The first kappa shape index (κ1) is 21.4. The Balaban J connectivity index is 1.77. The van der Waals surface area contributed by atoms with Crippen LogP contribution in [0.5, 0.6) is 11.5 Å². The fraction of sp³-hybridized carbons (Fsp3) is 0.286. The molecule has 0 unspecified atom stereocenters. The number of carbonyl (C=O) groups is 1. The van der Waals surface area contributed by atoms with Gasteiger partial charge in [-0.1, -0.05) is 17.7 Å². The summed E-state index contributed by atoms with van der Waals surface area (Å²) in [7, 11) is -0.491. The lowest BCUT2D eigenvalue weighted by atomic mass is 10.1. The Kier molecular flexibility index (Phi) is 6.62. The maximum absolute atomic E-state index is 12.6.